The van der Waals surface area contributed by atoms with Gasteiger partial charge in [0.25, 0.3) is 0 Å². The van der Waals surface area contributed by atoms with Gasteiger partial charge in [-0.3, -0.25) is 5.32 Å². The Morgan fingerprint density at radius 3 is 2.95 bits per heavy atom. The molecular formula is C11H18N4O3S2. The number of nitrogens with zero attached hydrogens (tertiary/aromatic N) is 3. The molecule has 1 aliphatic heterocycles. The van der Waals surface area contributed by atoms with E-state index in [4.69, 9.17) is 0 Å². The van der Waals surface area contributed by atoms with Crippen LogP contribution in [-0.4, -0.2) is 53.6 Å². The van der Waals surface area contributed by atoms with E-state index in [0.29, 0.717) is 18.1 Å². The van der Waals surface area contributed by atoms with Gasteiger partial charge in [-0.1, -0.05) is 24.7 Å². The SMILES string of the molecule is CCCCN(C(=O)Nc1nncs1)[C@@H]1CCS(=O)(=O)C1. The van der Waals surface area contributed by atoms with Crippen molar-refractivity contribution in [3.8, 4) is 0 Å². The molecule has 0 unspecified atom stereocenters. The van der Waals surface area contributed by atoms with Crippen molar-refractivity contribution < 1.29 is 13.2 Å². The summed E-state index contributed by atoms with van der Waals surface area (Å²) in [6.07, 6.45) is 2.30. The third kappa shape index (κ3) is 3.89. The van der Waals surface area contributed by atoms with E-state index < -0.39 is 9.84 Å². The molecule has 1 aromatic heterocycles. The fourth-order valence-corrected chi connectivity index (χ4v) is 4.36. The quantitative estimate of drug-likeness (QED) is 0.885. The molecule has 0 spiro atoms. The van der Waals surface area contributed by atoms with Crippen molar-refractivity contribution in [2.75, 3.05) is 23.4 Å². The maximum Gasteiger partial charge on any atom is 0.323 e. The number of carbonyl (C=O) groups is 1. The van der Waals surface area contributed by atoms with E-state index in [-0.39, 0.29) is 23.6 Å². The standard InChI is InChI=1S/C11H18N4O3S2/c1-2-3-5-15(9-4-6-20(17,18)7-9)11(16)13-10-14-12-8-19-10/h8-9H,2-7H2,1H3,(H,13,14,16)/t9-/m1/s1. The van der Waals surface area contributed by atoms with Gasteiger partial charge in [-0.2, -0.15) is 0 Å². The van der Waals surface area contributed by atoms with Crippen LogP contribution in [0.4, 0.5) is 9.93 Å². The summed E-state index contributed by atoms with van der Waals surface area (Å²) in [6, 6.07) is -0.531. The maximum absolute atomic E-state index is 12.3. The van der Waals surface area contributed by atoms with Crippen LogP contribution in [0, 0.1) is 0 Å². The summed E-state index contributed by atoms with van der Waals surface area (Å²) >= 11 is 1.24. The van der Waals surface area contributed by atoms with Gasteiger partial charge in [-0.25, -0.2) is 13.2 Å². The predicted molar refractivity (Wildman–Crippen MR) is 77.6 cm³/mol. The molecule has 7 nitrogen and oxygen atoms in total. The van der Waals surface area contributed by atoms with Gasteiger partial charge < -0.3 is 4.90 Å². The molecule has 9 heteroatoms. The van der Waals surface area contributed by atoms with Crippen LogP contribution in [0.5, 0.6) is 0 Å². The Morgan fingerprint density at radius 2 is 2.40 bits per heavy atom. The van der Waals surface area contributed by atoms with E-state index in [1.165, 1.54) is 16.8 Å². The Morgan fingerprint density at radius 1 is 1.60 bits per heavy atom. The number of hydrogen-bond donors (Lipinski definition) is 1. The highest BCUT2D eigenvalue weighted by Gasteiger charge is 2.34. The lowest BCUT2D eigenvalue weighted by molar-refractivity contribution is 0.192. The van der Waals surface area contributed by atoms with Gasteiger partial charge in [-0.05, 0) is 12.8 Å². The Balaban J connectivity index is 2.04. The second-order valence-corrected chi connectivity index (χ2v) is 7.84. The molecule has 1 aromatic rings. The van der Waals surface area contributed by atoms with Gasteiger partial charge in [0.2, 0.25) is 5.13 Å². The molecule has 0 radical (unpaired) electrons. The van der Waals surface area contributed by atoms with Crippen molar-refractivity contribution in [1.82, 2.24) is 15.1 Å². The van der Waals surface area contributed by atoms with Crippen molar-refractivity contribution in [1.29, 1.82) is 0 Å². The zero-order valence-corrected chi connectivity index (χ0v) is 12.9. The van der Waals surface area contributed by atoms with Crippen LogP contribution in [0.15, 0.2) is 5.51 Å². The Kier molecular flexibility index (Phi) is 4.92. The lowest BCUT2D eigenvalue weighted by Gasteiger charge is -2.27. The highest BCUT2D eigenvalue weighted by molar-refractivity contribution is 7.91. The van der Waals surface area contributed by atoms with Crippen LogP contribution in [0.2, 0.25) is 0 Å². The third-order valence-corrected chi connectivity index (χ3v) is 5.59. The minimum atomic E-state index is -3.01. The predicted octanol–water partition coefficient (Wildman–Crippen LogP) is 1.36. The minimum Gasteiger partial charge on any atom is -0.320 e. The van der Waals surface area contributed by atoms with Gasteiger partial charge in [0.1, 0.15) is 5.51 Å². The molecule has 0 aromatic carbocycles. The zero-order chi connectivity index (χ0) is 14.6. The first-order valence-electron chi connectivity index (χ1n) is 6.56. The van der Waals surface area contributed by atoms with Crippen molar-refractivity contribution in [3.05, 3.63) is 5.51 Å². The Bertz CT molecular complexity index is 544. The molecule has 2 rings (SSSR count). The Labute approximate surface area is 122 Å². The molecule has 1 N–H and O–H groups in total. The molecule has 2 heterocycles. The van der Waals surface area contributed by atoms with Gasteiger partial charge in [0.15, 0.2) is 9.84 Å². The number of sulfone groups is 1. The highest BCUT2D eigenvalue weighted by Crippen LogP contribution is 2.20. The second kappa shape index (κ2) is 6.49. The topological polar surface area (TPSA) is 92.3 Å². The molecule has 1 saturated heterocycles. The molecule has 20 heavy (non-hydrogen) atoms. The van der Waals surface area contributed by atoms with Crippen LogP contribution in [0.3, 0.4) is 0 Å². The summed E-state index contributed by atoms with van der Waals surface area (Å²) in [5.41, 5.74) is 1.53. The van der Waals surface area contributed by atoms with Crippen LogP contribution >= 0.6 is 11.3 Å². The monoisotopic (exact) mass is 318 g/mol. The van der Waals surface area contributed by atoms with E-state index >= 15 is 0 Å². The maximum atomic E-state index is 12.3. The van der Waals surface area contributed by atoms with E-state index in [1.54, 1.807) is 4.90 Å². The first kappa shape index (κ1) is 15.2. The number of carbonyl (C=O) groups excluding carboxylic acids is 1. The molecule has 0 bridgehead atoms. The lowest BCUT2D eigenvalue weighted by Crippen LogP contribution is -2.44. The molecule has 1 atom stereocenters. The highest BCUT2D eigenvalue weighted by atomic mass is 32.2. The molecular weight excluding hydrogens is 300 g/mol. The van der Waals surface area contributed by atoms with Gasteiger partial charge in [0.05, 0.1) is 11.5 Å². The first-order valence-corrected chi connectivity index (χ1v) is 9.26. The minimum absolute atomic E-state index is 0.0558. The molecule has 1 fully saturated rings. The van der Waals surface area contributed by atoms with Crippen LogP contribution in [0.1, 0.15) is 26.2 Å². The lowest BCUT2D eigenvalue weighted by atomic mass is 10.2. The van der Waals surface area contributed by atoms with E-state index in [2.05, 4.69) is 15.5 Å². The zero-order valence-electron chi connectivity index (χ0n) is 11.3. The Hall–Kier alpha value is -1.22. The molecule has 0 aliphatic carbocycles. The number of unbranched alkanes of at least 4 members (excludes halogenated alkanes) is 1. The molecule has 0 saturated carbocycles. The number of nitrogens with one attached hydrogen (secondary N) is 1. The number of aromatic nitrogens is 2. The van der Waals surface area contributed by atoms with Crippen LogP contribution in [0.25, 0.3) is 0 Å². The smallest absolute Gasteiger partial charge is 0.320 e. The number of rotatable bonds is 5. The van der Waals surface area contributed by atoms with Crippen LogP contribution in [-0.2, 0) is 9.84 Å². The van der Waals surface area contributed by atoms with Crippen molar-refractivity contribution in [2.45, 2.75) is 32.2 Å². The van der Waals surface area contributed by atoms with Gasteiger partial charge >= 0.3 is 6.03 Å². The summed E-state index contributed by atoms with van der Waals surface area (Å²) in [4.78, 5) is 13.9. The summed E-state index contributed by atoms with van der Waals surface area (Å²) in [7, 11) is -3.01. The molecule has 1 aliphatic rings. The van der Waals surface area contributed by atoms with E-state index in [1.807, 2.05) is 6.92 Å². The third-order valence-electron chi connectivity index (χ3n) is 3.24. The number of hydrogen-bond acceptors (Lipinski definition) is 6. The van der Waals surface area contributed by atoms with Gasteiger partial charge in [-0.15, -0.1) is 10.2 Å². The van der Waals surface area contributed by atoms with E-state index in [9.17, 15) is 13.2 Å². The average molecular weight is 318 g/mol. The normalized spacial score (nSPS) is 20.8. The first-order chi connectivity index (χ1) is 9.52. The number of anilines is 1. The van der Waals surface area contributed by atoms with Crippen molar-refractivity contribution >= 4 is 32.3 Å². The number of urea groups is 1. The average Bonchev–Trinajstić information content (AvgIpc) is 3.00. The summed E-state index contributed by atoms with van der Waals surface area (Å²) in [5.74, 6) is 0.215. The van der Waals surface area contributed by atoms with Crippen molar-refractivity contribution in [2.24, 2.45) is 0 Å². The number of amides is 2. The summed E-state index contributed by atoms with van der Waals surface area (Å²) in [5, 5.41) is 10.5. The molecule has 112 valence electrons. The second-order valence-electron chi connectivity index (χ2n) is 4.78. The van der Waals surface area contributed by atoms with E-state index in [0.717, 1.165) is 12.8 Å². The fourth-order valence-electron chi connectivity index (χ4n) is 2.19. The molecule has 2 amide bonds. The van der Waals surface area contributed by atoms with Gasteiger partial charge in [0, 0.05) is 12.6 Å². The van der Waals surface area contributed by atoms with Crippen LogP contribution < -0.4 is 5.32 Å². The fraction of sp³-hybridized carbons (Fsp3) is 0.727. The van der Waals surface area contributed by atoms with Crippen molar-refractivity contribution in [3.63, 3.8) is 0 Å². The summed E-state index contributed by atoms with van der Waals surface area (Å²) < 4.78 is 23.2. The summed E-state index contributed by atoms with van der Waals surface area (Å²) in [6.45, 7) is 2.59. The largest absolute Gasteiger partial charge is 0.323 e.